The van der Waals surface area contributed by atoms with Crippen molar-refractivity contribution < 1.29 is 9.18 Å². The number of benzene rings is 2. The van der Waals surface area contributed by atoms with Gasteiger partial charge in [0.1, 0.15) is 5.82 Å². The molecule has 0 saturated heterocycles. The highest BCUT2D eigenvalue weighted by atomic mass is 127. The Balaban J connectivity index is 0.00000392. The van der Waals surface area contributed by atoms with E-state index < -0.39 is 5.91 Å². The molecule has 0 aliphatic heterocycles. The van der Waals surface area contributed by atoms with Crippen LogP contribution in [0.2, 0.25) is 0 Å². The maximum absolute atomic E-state index is 12.9. The number of carbonyl (C=O) groups excluding carboxylic acids is 1. The molecule has 0 aliphatic carbocycles. The molecule has 8 heteroatoms. The summed E-state index contributed by atoms with van der Waals surface area (Å²) >= 11 is 1.70. The molecule has 1 amide bonds. The van der Waals surface area contributed by atoms with Crippen molar-refractivity contribution >= 4 is 47.6 Å². The van der Waals surface area contributed by atoms with Crippen LogP contribution in [0.25, 0.3) is 0 Å². The number of nitrogens with one attached hydrogen (secondary N) is 2. The Morgan fingerprint density at radius 3 is 2.61 bits per heavy atom. The van der Waals surface area contributed by atoms with Gasteiger partial charge in [0.2, 0.25) is 5.91 Å². The fourth-order valence-corrected chi connectivity index (χ4v) is 3.19. The second-order valence-electron chi connectivity index (χ2n) is 5.84. The predicted octanol–water partition coefficient (Wildman–Crippen LogP) is 3.78. The van der Waals surface area contributed by atoms with Gasteiger partial charge in [0.15, 0.2) is 5.96 Å². The van der Waals surface area contributed by atoms with E-state index in [2.05, 4.69) is 15.6 Å². The highest BCUT2D eigenvalue weighted by Crippen LogP contribution is 2.18. The number of aliphatic imine (C=N–C) groups is 1. The van der Waals surface area contributed by atoms with Crippen LogP contribution in [0.3, 0.4) is 0 Å². The summed E-state index contributed by atoms with van der Waals surface area (Å²) < 4.78 is 12.9. The first kappa shape index (κ1) is 24.2. The van der Waals surface area contributed by atoms with E-state index in [9.17, 15) is 9.18 Å². The number of nitrogens with zero attached hydrogens (tertiary/aromatic N) is 1. The fourth-order valence-electron chi connectivity index (χ4n) is 2.33. The average Bonchev–Trinajstić information content (AvgIpc) is 2.67. The number of guanidine groups is 1. The maximum Gasteiger partial charge on any atom is 0.248 e. The number of halogens is 2. The Morgan fingerprint density at radius 1 is 1.18 bits per heavy atom. The Kier molecular flexibility index (Phi) is 11.6. The van der Waals surface area contributed by atoms with Crippen LogP contribution in [0.4, 0.5) is 4.39 Å². The van der Waals surface area contributed by atoms with Crippen molar-refractivity contribution in [2.45, 2.75) is 24.8 Å². The SMILES string of the molecule is CCNC(=NCc1cccc(C(N)=O)c1)NCCCSc1ccc(F)cc1.I. The third kappa shape index (κ3) is 8.92. The van der Waals surface area contributed by atoms with Crippen LogP contribution < -0.4 is 16.4 Å². The van der Waals surface area contributed by atoms with Crippen molar-refractivity contribution in [3.63, 3.8) is 0 Å². The number of primary amides is 1. The van der Waals surface area contributed by atoms with Crippen molar-refractivity contribution in [2.75, 3.05) is 18.8 Å². The molecule has 0 radical (unpaired) electrons. The zero-order valence-electron chi connectivity index (χ0n) is 15.8. The molecule has 0 heterocycles. The van der Waals surface area contributed by atoms with Crippen LogP contribution in [-0.4, -0.2) is 30.7 Å². The zero-order chi connectivity index (χ0) is 19.5. The first-order valence-corrected chi connectivity index (χ1v) is 9.86. The van der Waals surface area contributed by atoms with Gasteiger partial charge in [0.05, 0.1) is 6.54 Å². The van der Waals surface area contributed by atoms with E-state index in [4.69, 9.17) is 5.73 Å². The molecule has 2 aromatic carbocycles. The second-order valence-corrected chi connectivity index (χ2v) is 7.01. The monoisotopic (exact) mass is 516 g/mol. The molecule has 0 atom stereocenters. The highest BCUT2D eigenvalue weighted by molar-refractivity contribution is 14.0. The summed E-state index contributed by atoms with van der Waals surface area (Å²) in [6, 6.07) is 13.7. The number of hydrogen-bond acceptors (Lipinski definition) is 3. The largest absolute Gasteiger partial charge is 0.366 e. The summed E-state index contributed by atoms with van der Waals surface area (Å²) in [5, 5.41) is 6.50. The van der Waals surface area contributed by atoms with Gasteiger partial charge in [-0.05, 0) is 61.1 Å². The first-order valence-electron chi connectivity index (χ1n) is 8.87. The molecule has 0 aromatic heterocycles. The zero-order valence-corrected chi connectivity index (χ0v) is 18.9. The number of thioether (sulfide) groups is 1. The molecule has 5 nitrogen and oxygen atoms in total. The first-order chi connectivity index (χ1) is 13.1. The van der Waals surface area contributed by atoms with Crippen LogP contribution >= 0.6 is 35.7 Å². The Morgan fingerprint density at radius 2 is 1.93 bits per heavy atom. The predicted molar refractivity (Wildman–Crippen MR) is 125 cm³/mol. The molecule has 4 N–H and O–H groups in total. The fraction of sp³-hybridized carbons (Fsp3) is 0.300. The Hall–Kier alpha value is -1.81. The quantitative estimate of drug-likeness (QED) is 0.156. The van der Waals surface area contributed by atoms with Crippen LogP contribution in [-0.2, 0) is 6.54 Å². The van der Waals surface area contributed by atoms with Crippen molar-refractivity contribution in [3.05, 3.63) is 65.5 Å². The molecule has 0 bridgehead atoms. The lowest BCUT2D eigenvalue weighted by Gasteiger charge is -2.11. The minimum absolute atomic E-state index is 0. The van der Waals surface area contributed by atoms with Gasteiger partial charge < -0.3 is 16.4 Å². The third-order valence-corrected chi connectivity index (χ3v) is 4.77. The lowest BCUT2D eigenvalue weighted by atomic mass is 10.1. The van der Waals surface area contributed by atoms with Gasteiger partial charge in [0, 0.05) is 23.5 Å². The smallest absolute Gasteiger partial charge is 0.248 e. The molecule has 2 aromatic rings. The lowest BCUT2D eigenvalue weighted by Crippen LogP contribution is -2.37. The van der Waals surface area contributed by atoms with Gasteiger partial charge in [-0.15, -0.1) is 35.7 Å². The van der Waals surface area contributed by atoms with Gasteiger partial charge in [-0.3, -0.25) is 4.79 Å². The van der Waals surface area contributed by atoms with E-state index in [0.717, 1.165) is 41.7 Å². The van der Waals surface area contributed by atoms with Crippen molar-refractivity contribution in [1.29, 1.82) is 0 Å². The molecule has 0 saturated carbocycles. The molecule has 0 aliphatic rings. The van der Waals surface area contributed by atoms with E-state index in [-0.39, 0.29) is 29.8 Å². The van der Waals surface area contributed by atoms with Crippen molar-refractivity contribution in [1.82, 2.24) is 10.6 Å². The van der Waals surface area contributed by atoms with Gasteiger partial charge in [-0.1, -0.05) is 12.1 Å². The maximum atomic E-state index is 12.9. The van der Waals surface area contributed by atoms with Gasteiger partial charge in [-0.25, -0.2) is 9.38 Å². The summed E-state index contributed by atoms with van der Waals surface area (Å²) in [5.41, 5.74) is 6.72. The van der Waals surface area contributed by atoms with Crippen LogP contribution in [0.5, 0.6) is 0 Å². The number of amides is 1. The molecule has 0 spiro atoms. The second kappa shape index (κ2) is 13.4. The normalized spacial score (nSPS) is 10.9. The average molecular weight is 516 g/mol. The summed E-state index contributed by atoms with van der Waals surface area (Å²) in [4.78, 5) is 16.9. The van der Waals surface area contributed by atoms with Crippen molar-refractivity contribution in [2.24, 2.45) is 10.7 Å². The van der Waals surface area contributed by atoms with Crippen molar-refractivity contribution in [3.8, 4) is 0 Å². The highest BCUT2D eigenvalue weighted by Gasteiger charge is 2.02. The van der Waals surface area contributed by atoms with Gasteiger partial charge in [-0.2, -0.15) is 0 Å². The van der Waals surface area contributed by atoms with Crippen LogP contribution in [0.15, 0.2) is 58.4 Å². The molecule has 0 fully saturated rings. The van der Waals surface area contributed by atoms with E-state index in [1.165, 1.54) is 12.1 Å². The summed E-state index contributed by atoms with van der Waals surface area (Å²) in [6.07, 6.45) is 0.948. The van der Waals surface area contributed by atoms with Crippen LogP contribution in [0, 0.1) is 5.82 Å². The van der Waals surface area contributed by atoms with Crippen LogP contribution in [0.1, 0.15) is 29.3 Å². The number of carbonyl (C=O) groups is 1. The topological polar surface area (TPSA) is 79.5 Å². The molecular weight excluding hydrogens is 490 g/mol. The Labute approximate surface area is 186 Å². The molecule has 2 rings (SSSR count). The van der Waals surface area contributed by atoms with E-state index >= 15 is 0 Å². The van der Waals surface area contributed by atoms with E-state index in [1.807, 2.05) is 13.0 Å². The molecule has 152 valence electrons. The number of hydrogen-bond donors (Lipinski definition) is 3. The summed E-state index contributed by atoms with van der Waals surface area (Å²) in [7, 11) is 0. The molecular formula is C20H26FIN4OS. The summed E-state index contributed by atoms with van der Waals surface area (Å²) in [6.45, 7) is 4.01. The minimum Gasteiger partial charge on any atom is -0.366 e. The third-order valence-electron chi connectivity index (χ3n) is 3.67. The minimum atomic E-state index is -0.440. The number of nitrogens with two attached hydrogens (primary N) is 1. The lowest BCUT2D eigenvalue weighted by molar-refractivity contribution is 0.1000. The number of rotatable bonds is 9. The summed E-state index contributed by atoms with van der Waals surface area (Å²) in [5.74, 6) is 1.01. The standard InChI is InChI=1S/C20H25FN4OS.HI/c1-2-23-20(25-14-15-5-3-6-16(13-15)19(22)26)24-11-4-12-27-18-9-7-17(21)8-10-18;/h3,5-10,13H,2,4,11-12,14H2,1H3,(H2,22,26)(H2,23,24,25);1H. The molecule has 0 unspecified atom stereocenters. The van der Waals surface area contributed by atoms with E-state index in [1.54, 1.807) is 42.1 Å². The molecule has 28 heavy (non-hydrogen) atoms. The van der Waals surface area contributed by atoms with Gasteiger partial charge in [0.25, 0.3) is 0 Å². The van der Waals surface area contributed by atoms with E-state index in [0.29, 0.717) is 12.1 Å². The van der Waals surface area contributed by atoms with Gasteiger partial charge >= 0.3 is 0 Å². The Bertz CT molecular complexity index is 771.